The second-order valence-electron chi connectivity index (χ2n) is 6.99. The van der Waals surface area contributed by atoms with Gasteiger partial charge in [0.05, 0.1) is 25.2 Å². The normalized spacial score (nSPS) is 15.8. The number of methoxy groups -OCH3 is 2. The van der Waals surface area contributed by atoms with Gasteiger partial charge in [0.15, 0.2) is 11.5 Å². The first kappa shape index (κ1) is 23.5. The number of carbonyl (C=O) groups excluding carboxylic acids is 2. The van der Waals surface area contributed by atoms with Crippen LogP contribution in [0.5, 0.6) is 11.5 Å². The van der Waals surface area contributed by atoms with Crippen LogP contribution in [0, 0.1) is 0 Å². The van der Waals surface area contributed by atoms with Crippen molar-refractivity contribution in [3.63, 3.8) is 0 Å². The fourth-order valence-corrected chi connectivity index (χ4v) is 4.18. The van der Waals surface area contributed by atoms with Gasteiger partial charge in [-0.15, -0.1) is 0 Å². The molecule has 0 saturated carbocycles. The lowest BCUT2D eigenvalue weighted by atomic mass is 10.2. The largest absolute Gasteiger partial charge is 0.493 e. The molecule has 1 saturated heterocycles. The number of rotatable bonds is 8. The number of hydrazine groups is 1. The molecule has 0 aromatic heterocycles. The average Bonchev–Trinajstić information content (AvgIpc) is 3.34. The molecular formula is C21H25N3O7S. The predicted octanol–water partition coefficient (Wildman–Crippen LogP) is 1.24. The minimum Gasteiger partial charge on any atom is -0.493 e. The highest BCUT2D eigenvalue weighted by Crippen LogP contribution is 2.27. The Hall–Kier alpha value is -3.15. The van der Waals surface area contributed by atoms with E-state index in [1.807, 2.05) is 0 Å². The number of amides is 2. The maximum atomic E-state index is 12.4. The summed E-state index contributed by atoms with van der Waals surface area (Å²) in [6.07, 6.45) is 1.61. The van der Waals surface area contributed by atoms with Crippen LogP contribution in [-0.4, -0.2) is 53.7 Å². The Kier molecular flexibility index (Phi) is 7.67. The van der Waals surface area contributed by atoms with Crippen LogP contribution in [0.2, 0.25) is 0 Å². The van der Waals surface area contributed by atoms with Gasteiger partial charge >= 0.3 is 0 Å². The number of hydrogen-bond acceptors (Lipinski definition) is 7. The maximum absolute atomic E-state index is 12.4. The highest BCUT2D eigenvalue weighted by atomic mass is 32.2. The zero-order chi connectivity index (χ0) is 23.1. The molecule has 10 nitrogen and oxygen atoms in total. The molecule has 0 aliphatic carbocycles. The van der Waals surface area contributed by atoms with E-state index in [-0.39, 0.29) is 28.7 Å². The standard InChI is InChI=1S/C21H25N3O7S/c1-29-18-10-7-15(12-19(18)30-2)21(26)24-23-20(25)14-5-8-17(9-6-14)32(27,28)22-13-16-4-3-11-31-16/h5-10,12,16,22H,3-4,11,13H2,1-2H3,(H,23,25)(H,24,26). The fourth-order valence-electron chi connectivity index (χ4n) is 3.11. The molecule has 2 aromatic rings. The molecule has 11 heteroatoms. The summed E-state index contributed by atoms with van der Waals surface area (Å²) in [7, 11) is -0.790. The van der Waals surface area contributed by atoms with Crippen LogP contribution in [-0.2, 0) is 14.8 Å². The van der Waals surface area contributed by atoms with Crippen molar-refractivity contribution in [2.45, 2.75) is 23.8 Å². The summed E-state index contributed by atoms with van der Waals surface area (Å²) in [5.74, 6) is -0.323. The summed E-state index contributed by atoms with van der Waals surface area (Å²) in [5, 5.41) is 0. The van der Waals surface area contributed by atoms with Gasteiger partial charge in [-0.25, -0.2) is 13.1 Å². The zero-order valence-corrected chi connectivity index (χ0v) is 18.5. The molecule has 0 bridgehead atoms. The lowest BCUT2D eigenvalue weighted by Gasteiger charge is -2.12. The molecule has 2 aromatic carbocycles. The molecule has 1 aliphatic heterocycles. The van der Waals surface area contributed by atoms with Crippen molar-refractivity contribution in [3.05, 3.63) is 53.6 Å². The minimum atomic E-state index is -3.72. The summed E-state index contributed by atoms with van der Waals surface area (Å²) in [4.78, 5) is 24.6. The van der Waals surface area contributed by atoms with Gasteiger partial charge < -0.3 is 14.2 Å². The fraction of sp³-hybridized carbons (Fsp3) is 0.333. The van der Waals surface area contributed by atoms with Crippen LogP contribution >= 0.6 is 0 Å². The molecule has 3 N–H and O–H groups in total. The van der Waals surface area contributed by atoms with E-state index in [2.05, 4.69) is 15.6 Å². The Labute approximate surface area is 186 Å². The molecule has 1 heterocycles. The van der Waals surface area contributed by atoms with Gasteiger partial charge in [-0.2, -0.15) is 0 Å². The van der Waals surface area contributed by atoms with Crippen molar-refractivity contribution in [3.8, 4) is 11.5 Å². The molecule has 1 aliphatic rings. The predicted molar refractivity (Wildman–Crippen MR) is 115 cm³/mol. The van der Waals surface area contributed by atoms with Crippen molar-refractivity contribution in [2.24, 2.45) is 0 Å². The summed E-state index contributed by atoms with van der Waals surface area (Å²) in [5.41, 5.74) is 5.02. The van der Waals surface area contributed by atoms with Crippen LogP contribution in [0.3, 0.4) is 0 Å². The van der Waals surface area contributed by atoms with E-state index >= 15 is 0 Å². The topological polar surface area (TPSA) is 132 Å². The first-order valence-electron chi connectivity index (χ1n) is 9.88. The molecule has 172 valence electrons. The molecule has 1 fully saturated rings. The van der Waals surface area contributed by atoms with E-state index in [0.29, 0.717) is 18.1 Å². The zero-order valence-electron chi connectivity index (χ0n) is 17.7. The van der Waals surface area contributed by atoms with Crippen LogP contribution in [0.4, 0.5) is 0 Å². The highest BCUT2D eigenvalue weighted by molar-refractivity contribution is 7.89. The SMILES string of the molecule is COc1ccc(C(=O)NNC(=O)c2ccc(S(=O)(=O)NCC3CCCO3)cc2)cc1OC. The monoisotopic (exact) mass is 463 g/mol. The van der Waals surface area contributed by atoms with Crippen LogP contribution in [0.15, 0.2) is 47.4 Å². The van der Waals surface area contributed by atoms with Gasteiger partial charge in [0.1, 0.15) is 0 Å². The highest BCUT2D eigenvalue weighted by Gasteiger charge is 2.20. The second kappa shape index (κ2) is 10.4. The Morgan fingerprint density at radius 3 is 2.19 bits per heavy atom. The van der Waals surface area contributed by atoms with Crippen LogP contribution in [0.25, 0.3) is 0 Å². The van der Waals surface area contributed by atoms with E-state index in [1.54, 1.807) is 6.07 Å². The number of sulfonamides is 1. The van der Waals surface area contributed by atoms with E-state index in [4.69, 9.17) is 14.2 Å². The lowest BCUT2D eigenvalue weighted by Crippen LogP contribution is -2.41. The third kappa shape index (κ3) is 5.75. The number of nitrogens with one attached hydrogen (secondary N) is 3. The van der Waals surface area contributed by atoms with Crippen LogP contribution < -0.4 is 25.0 Å². The van der Waals surface area contributed by atoms with E-state index in [1.165, 1.54) is 50.6 Å². The first-order valence-corrected chi connectivity index (χ1v) is 11.4. The third-order valence-electron chi connectivity index (χ3n) is 4.89. The number of hydrogen-bond donors (Lipinski definition) is 3. The molecule has 2 amide bonds. The smallest absolute Gasteiger partial charge is 0.269 e. The molecular weight excluding hydrogens is 438 g/mol. The summed E-state index contributed by atoms with van der Waals surface area (Å²) in [6, 6.07) is 9.93. The Morgan fingerprint density at radius 1 is 0.969 bits per heavy atom. The first-order chi connectivity index (χ1) is 15.3. The van der Waals surface area contributed by atoms with E-state index in [0.717, 1.165) is 12.8 Å². The molecule has 0 spiro atoms. The molecule has 0 radical (unpaired) electrons. The van der Waals surface area contributed by atoms with Gasteiger partial charge in [0, 0.05) is 24.3 Å². The van der Waals surface area contributed by atoms with Gasteiger partial charge in [0.25, 0.3) is 11.8 Å². The lowest BCUT2D eigenvalue weighted by molar-refractivity contribution is 0.0846. The summed E-state index contributed by atoms with van der Waals surface area (Å²) in [6.45, 7) is 0.839. The van der Waals surface area contributed by atoms with Crippen molar-refractivity contribution in [2.75, 3.05) is 27.4 Å². The average molecular weight is 464 g/mol. The van der Waals surface area contributed by atoms with Crippen molar-refractivity contribution < 1.29 is 32.2 Å². The quantitative estimate of drug-likeness (QED) is 0.502. The maximum Gasteiger partial charge on any atom is 0.269 e. The molecule has 1 unspecified atom stereocenters. The summed E-state index contributed by atoms with van der Waals surface area (Å²) >= 11 is 0. The third-order valence-corrected chi connectivity index (χ3v) is 6.33. The van der Waals surface area contributed by atoms with Crippen LogP contribution in [0.1, 0.15) is 33.6 Å². The molecule has 1 atom stereocenters. The number of carbonyl (C=O) groups is 2. The van der Waals surface area contributed by atoms with Crippen molar-refractivity contribution in [1.82, 2.24) is 15.6 Å². The van der Waals surface area contributed by atoms with Gasteiger partial charge in [-0.3, -0.25) is 20.4 Å². The van der Waals surface area contributed by atoms with Gasteiger partial charge in [-0.1, -0.05) is 0 Å². The van der Waals surface area contributed by atoms with Gasteiger partial charge in [0.2, 0.25) is 10.0 Å². The second-order valence-corrected chi connectivity index (χ2v) is 8.76. The van der Waals surface area contributed by atoms with E-state index in [9.17, 15) is 18.0 Å². The summed E-state index contributed by atoms with van der Waals surface area (Å²) < 4.78 is 43.0. The number of benzene rings is 2. The molecule has 3 rings (SSSR count). The molecule has 32 heavy (non-hydrogen) atoms. The Balaban J connectivity index is 1.57. The Bertz CT molecular complexity index is 1070. The van der Waals surface area contributed by atoms with E-state index < -0.39 is 21.8 Å². The van der Waals surface area contributed by atoms with Gasteiger partial charge in [-0.05, 0) is 55.3 Å². The Morgan fingerprint density at radius 2 is 1.59 bits per heavy atom. The number of ether oxygens (including phenoxy) is 3. The van der Waals surface area contributed by atoms with Crippen molar-refractivity contribution in [1.29, 1.82) is 0 Å². The minimum absolute atomic E-state index is 0.0291. The van der Waals surface area contributed by atoms with Crippen molar-refractivity contribution >= 4 is 21.8 Å².